The molecular formula is C21H44O. The largest absolute Gasteiger partial charge is 0.396 e. The van der Waals surface area contributed by atoms with Crippen LogP contribution in [0.4, 0.5) is 0 Å². The van der Waals surface area contributed by atoms with Crippen LogP contribution in [0.2, 0.25) is 0 Å². The summed E-state index contributed by atoms with van der Waals surface area (Å²) >= 11 is 0. The monoisotopic (exact) mass is 312 g/mol. The van der Waals surface area contributed by atoms with Crippen molar-refractivity contribution in [2.24, 2.45) is 11.8 Å². The number of hydrogen-bond acceptors (Lipinski definition) is 1. The van der Waals surface area contributed by atoms with Gasteiger partial charge in [0.05, 0.1) is 0 Å². The summed E-state index contributed by atoms with van der Waals surface area (Å²) in [5.41, 5.74) is 0. The highest BCUT2D eigenvalue weighted by molar-refractivity contribution is 4.54. The number of aliphatic hydroxyl groups is 1. The first kappa shape index (κ1) is 22.0. The molecule has 0 saturated heterocycles. The van der Waals surface area contributed by atoms with E-state index in [4.69, 9.17) is 5.11 Å². The van der Waals surface area contributed by atoms with Crippen LogP contribution >= 0.6 is 0 Å². The van der Waals surface area contributed by atoms with Crippen molar-refractivity contribution >= 4 is 0 Å². The van der Waals surface area contributed by atoms with Gasteiger partial charge in [-0.25, -0.2) is 0 Å². The Bertz CT molecular complexity index is 200. The molecule has 0 rings (SSSR count). The van der Waals surface area contributed by atoms with Gasteiger partial charge in [0.2, 0.25) is 0 Å². The molecule has 0 aliphatic heterocycles. The normalized spacial score (nSPS) is 13.0. The average Bonchev–Trinajstić information content (AvgIpc) is 2.47. The van der Waals surface area contributed by atoms with Crippen molar-refractivity contribution in [1.29, 1.82) is 0 Å². The predicted molar refractivity (Wildman–Crippen MR) is 100 cm³/mol. The highest BCUT2D eigenvalue weighted by atomic mass is 16.3. The molecule has 0 saturated carbocycles. The highest BCUT2D eigenvalue weighted by Crippen LogP contribution is 2.16. The van der Waals surface area contributed by atoms with Crippen LogP contribution in [0.3, 0.4) is 0 Å². The third-order valence-electron chi connectivity index (χ3n) is 4.85. The lowest BCUT2D eigenvalue weighted by Gasteiger charge is -2.08. The molecule has 0 aromatic carbocycles. The minimum atomic E-state index is 0.360. The lowest BCUT2D eigenvalue weighted by atomic mass is 9.99. The Balaban J connectivity index is 3.02. The maximum Gasteiger partial charge on any atom is 0.0433 e. The SMILES string of the molecule is CC(C)CCCCCCCCCCCCCCC(C)CCO. The number of hydrogen-bond donors (Lipinski definition) is 1. The number of rotatable bonds is 17. The van der Waals surface area contributed by atoms with Gasteiger partial charge in [-0.3, -0.25) is 0 Å². The molecule has 1 heteroatoms. The van der Waals surface area contributed by atoms with Crippen molar-refractivity contribution in [1.82, 2.24) is 0 Å². The molecule has 1 unspecified atom stereocenters. The second-order valence-electron chi connectivity index (χ2n) is 7.83. The molecule has 0 aliphatic rings. The molecule has 22 heavy (non-hydrogen) atoms. The summed E-state index contributed by atoms with van der Waals surface area (Å²) in [6.07, 6.45) is 20.9. The minimum Gasteiger partial charge on any atom is -0.396 e. The van der Waals surface area contributed by atoms with Crippen LogP contribution in [0.15, 0.2) is 0 Å². The van der Waals surface area contributed by atoms with Crippen LogP contribution in [0.25, 0.3) is 0 Å². The maximum atomic E-state index is 8.86. The summed E-state index contributed by atoms with van der Waals surface area (Å²) in [6, 6.07) is 0. The molecule has 0 radical (unpaired) electrons. The summed E-state index contributed by atoms with van der Waals surface area (Å²) < 4.78 is 0. The molecule has 0 spiro atoms. The molecule has 0 aromatic heterocycles. The Morgan fingerprint density at radius 3 is 1.23 bits per heavy atom. The van der Waals surface area contributed by atoms with Crippen LogP contribution < -0.4 is 0 Å². The highest BCUT2D eigenvalue weighted by Gasteiger charge is 2.00. The van der Waals surface area contributed by atoms with E-state index in [9.17, 15) is 0 Å². The smallest absolute Gasteiger partial charge is 0.0433 e. The number of unbranched alkanes of at least 4 members (excludes halogenated alkanes) is 11. The van der Waals surface area contributed by atoms with Gasteiger partial charge in [0.15, 0.2) is 0 Å². The van der Waals surface area contributed by atoms with Gasteiger partial charge >= 0.3 is 0 Å². The molecule has 1 N–H and O–H groups in total. The molecule has 0 amide bonds. The Morgan fingerprint density at radius 1 is 0.500 bits per heavy atom. The summed E-state index contributed by atoms with van der Waals surface area (Å²) in [5.74, 6) is 1.60. The minimum absolute atomic E-state index is 0.360. The third kappa shape index (κ3) is 18.0. The molecule has 1 nitrogen and oxygen atoms in total. The molecule has 1 atom stereocenters. The van der Waals surface area contributed by atoms with Gasteiger partial charge in [0, 0.05) is 6.61 Å². The van der Waals surface area contributed by atoms with Crippen LogP contribution in [0.1, 0.15) is 117 Å². The maximum absolute atomic E-state index is 8.86. The van der Waals surface area contributed by atoms with Gasteiger partial charge in [0.1, 0.15) is 0 Å². The summed E-state index contributed by atoms with van der Waals surface area (Å²) in [7, 11) is 0. The molecule has 134 valence electrons. The van der Waals surface area contributed by atoms with Gasteiger partial charge in [-0.05, 0) is 18.3 Å². The molecule has 0 bridgehead atoms. The quantitative estimate of drug-likeness (QED) is 0.283. The van der Waals surface area contributed by atoms with Gasteiger partial charge in [0.25, 0.3) is 0 Å². The zero-order valence-corrected chi connectivity index (χ0v) is 15.9. The van der Waals surface area contributed by atoms with E-state index >= 15 is 0 Å². The van der Waals surface area contributed by atoms with Crippen molar-refractivity contribution in [2.45, 2.75) is 117 Å². The van der Waals surface area contributed by atoms with E-state index in [2.05, 4.69) is 20.8 Å². The summed E-state index contributed by atoms with van der Waals surface area (Å²) in [4.78, 5) is 0. The molecule has 0 aliphatic carbocycles. The zero-order chi connectivity index (χ0) is 16.5. The van der Waals surface area contributed by atoms with Gasteiger partial charge in [-0.2, -0.15) is 0 Å². The molecule has 0 heterocycles. The first-order chi connectivity index (χ1) is 10.7. The Hall–Kier alpha value is -0.0400. The second-order valence-corrected chi connectivity index (χ2v) is 7.83. The van der Waals surface area contributed by atoms with Crippen molar-refractivity contribution in [2.75, 3.05) is 6.61 Å². The van der Waals surface area contributed by atoms with E-state index in [0.717, 1.165) is 12.3 Å². The average molecular weight is 313 g/mol. The standard InChI is InChI=1S/C21H44O/c1-20(2)16-14-12-10-8-6-4-5-7-9-11-13-15-17-21(3)18-19-22/h20-22H,4-19H2,1-3H3. The molecule has 0 fully saturated rings. The van der Waals surface area contributed by atoms with Crippen LogP contribution in [-0.2, 0) is 0 Å². The summed E-state index contributed by atoms with van der Waals surface area (Å²) in [6.45, 7) is 7.28. The number of aliphatic hydroxyl groups excluding tert-OH is 1. The Labute approximate surface area is 141 Å². The van der Waals surface area contributed by atoms with Crippen molar-refractivity contribution in [3.05, 3.63) is 0 Å². The molecule has 0 aromatic rings. The van der Waals surface area contributed by atoms with Gasteiger partial charge in [-0.15, -0.1) is 0 Å². The van der Waals surface area contributed by atoms with Crippen molar-refractivity contribution < 1.29 is 5.11 Å². The van der Waals surface area contributed by atoms with Crippen LogP contribution in [0.5, 0.6) is 0 Å². The van der Waals surface area contributed by atoms with E-state index < -0.39 is 0 Å². The second kappa shape index (κ2) is 17.3. The fourth-order valence-corrected chi connectivity index (χ4v) is 3.18. The van der Waals surface area contributed by atoms with Crippen LogP contribution in [-0.4, -0.2) is 11.7 Å². The van der Waals surface area contributed by atoms with E-state index in [-0.39, 0.29) is 0 Å². The van der Waals surface area contributed by atoms with Gasteiger partial charge in [-0.1, -0.05) is 111 Å². The van der Waals surface area contributed by atoms with E-state index in [1.165, 1.54) is 89.9 Å². The Kier molecular flexibility index (Phi) is 17.3. The third-order valence-corrected chi connectivity index (χ3v) is 4.85. The van der Waals surface area contributed by atoms with Gasteiger partial charge < -0.3 is 5.11 Å². The summed E-state index contributed by atoms with van der Waals surface area (Å²) in [5, 5.41) is 8.86. The lowest BCUT2D eigenvalue weighted by Crippen LogP contribution is -1.97. The van der Waals surface area contributed by atoms with Crippen LogP contribution in [0, 0.1) is 11.8 Å². The fourth-order valence-electron chi connectivity index (χ4n) is 3.18. The van der Waals surface area contributed by atoms with E-state index in [0.29, 0.717) is 12.5 Å². The fraction of sp³-hybridized carbons (Fsp3) is 1.00. The van der Waals surface area contributed by atoms with E-state index in [1.54, 1.807) is 0 Å². The van der Waals surface area contributed by atoms with Crippen molar-refractivity contribution in [3.63, 3.8) is 0 Å². The lowest BCUT2D eigenvalue weighted by molar-refractivity contribution is 0.256. The Morgan fingerprint density at radius 2 is 0.864 bits per heavy atom. The first-order valence-electron chi connectivity index (χ1n) is 10.3. The predicted octanol–water partition coefficient (Wildman–Crippen LogP) is 7.12. The van der Waals surface area contributed by atoms with Crippen molar-refractivity contribution in [3.8, 4) is 0 Å². The van der Waals surface area contributed by atoms with E-state index in [1.807, 2.05) is 0 Å². The first-order valence-corrected chi connectivity index (χ1v) is 10.3. The zero-order valence-electron chi connectivity index (χ0n) is 15.9. The topological polar surface area (TPSA) is 20.2 Å². The molecular weight excluding hydrogens is 268 g/mol.